The number of fused-ring (bicyclic) bond motifs is 2. The molecule has 3 N–H and O–H groups in total. The molecule has 178 valence electrons. The van der Waals surface area contributed by atoms with Crippen LogP contribution in [-0.2, 0) is 29.0 Å². The van der Waals surface area contributed by atoms with Gasteiger partial charge < -0.3 is 19.7 Å². The molecule has 0 saturated carbocycles. The number of imidazole rings is 1. The number of rotatable bonds is 6. The lowest BCUT2D eigenvalue weighted by Crippen LogP contribution is -2.36. The molecule has 0 unspecified atom stereocenters. The maximum atomic E-state index is 13.1. The van der Waals surface area contributed by atoms with Crippen molar-refractivity contribution in [3.8, 4) is 0 Å². The van der Waals surface area contributed by atoms with Gasteiger partial charge in [-0.2, -0.15) is 5.10 Å². The minimum absolute atomic E-state index is 0.0311. The zero-order valence-electron chi connectivity index (χ0n) is 19.5. The lowest BCUT2D eigenvalue weighted by Gasteiger charge is -2.27. The van der Waals surface area contributed by atoms with Crippen LogP contribution >= 0.6 is 0 Å². The number of hydrogen-bond donors (Lipinski definition) is 3. The molecular formula is C23H31N5O5. The molecule has 2 aromatic heterocycles. The highest BCUT2D eigenvalue weighted by Crippen LogP contribution is 2.26. The van der Waals surface area contributed by atoms with E-state index in [4.69, 9.17) is 14.6 Å². The monoisotopic (exact) mass is 457 g/mol. The van der Waals surface area contributed by atoms with Crippen molar-refractivity contribution < 1.29 is 19.4 Å². The van der Waals surface area contributed by atoms with Crippen molar-refractivity contribution in [3.63, 3.8) is 0 Å². The van der Waals surface area contributed by atoms with Gasteiger partial charge in [0.15, 0.2) is 0 Å². The van der Waals surface area contributed by atoms with Gasteiger partial charge in [0, 0.05) is 49.9 Å². The van der Waals surface area contributed by atoms with Crippen LogP contribution in [0.5, 0.6) is 0 Å². The second kappa shape index (κ2) is 10.5. The average Bonchev–Trinajstić information content (AvgIpc) is 3.32. The molecule has 0 aliphatic carbocycles. The quantitative estimate of drug-likeness (QED) is 0.487. The summed E-state index contributed by atoms with van der Waals surface area (Å²) in [7, 11) is 0. The van der Waals surface area contributed by atoms with E-state index in [0.29, 0.717) is 49.8 Å². The fourth-order valence-corrected chi connectivity index (χ4v) is 3.97. The van der Waals surface area contributed by atoms with E-state index >= 15 is 0 Å². The van der Waals surface area contributed by atoms with E-state index in [1.165, 1.54) is 0 Å². The molecule has 1 aliphatic heterocycles. The molecular weight excluding hydrogens is 426 g/mol. The van der Waals surface area contributed by atoms with Crippen LogP contribution in [0, 0.1) is 0 Å². The van der Waals surface area contributed by atoms with Gasteiger partial charge in [-0.05, 0) is 31.0 Å². The number of carboxylic acids is 1. The molecule has 0 atom stereocenters. The van der Waals surface area contributed by atoms with Crippen LogP contribution in [0.25, 0.3) is 11.0 Å². The number of aromatic nitrogens is 4. The molecule has 33 heavy (non-hydrogen) atoms. The summed E-state index contributed by atoms with van der Waals surface area (Å²) in [6.07, 6.45) is 0.772. The van der Waals surface area contributed by atoms with Crippen LogP contribution in [0.1, 0.15) is 60.9 Å². The molecule has 3 aromatic rings. The van der Waals surface area contributed by atoms with Gasteiger partial charge in [-0.1, -0.05) is 13.8 Å². The van der Waals surface area contributed by atoms with Crippen molar-refractivity contribution in [1.82, 2.24) is 24.6 Å². The predicted molar refractivity (Wildman–Crippen MR) is 123 cm³/mol. The maximum Gasteiger partial charge on any atom is 0.326 e. The van der Waals surface area contributed by atoms with E-state index in [9.17, 15) is 9.59 Å². The Morgan fingerprint density at radius 1 is 1.30 bits per heavy atom. The number of ether oxygens (including phenoxy) is 1. The largest absolute Gasteiger partial charge is 0.481 e. The second-order valence-corrected chi connectivity index (χ2v) is 8.23. The number of benzene rings is 1. The molecule has 0 fully saturated rings. The van der Waals surface area contributed by atoms with Gasteiger partial charge in [0.2, 0.25) is 0 Å². The molecule has 1 aliphatic rings. The maximum absolute atomic E-state index is 13.1. The Labute approximate surface area is 191 Å². The summed E-state index contributed by atoms with van der Waals surface area (Å²) < 4.78 is 7.00. The number of amides is 1. The van der Waals surface area contributed by atoms with E-state index in [2.05, 4.69) is 29.0 Å². The van der Waals surface area contributed by atoms with Crippen molar-refractivity contribution in [1.29, 1.82) is 0 Å². The van der Waals surface area contributed by atoms with Gasteiger partial charge in [-0.25, -0.2) is 4.79 Å². The number of carbonyl (C=O) groups is 2. The van der Waals surface area contributed by atoms with Crippen LogP contribution in [0.3, 0.4) is 0 Å². The SMILES string of the molecule is CC(=O)O.CCOCCn1c(=O)[nH]c2cc(C(=O)N3CCc4[nH]nc(C(C)C)c4C3)ccc21. The number of carboxylic acid groups (broad SMARTS) is 1. The number of nitrogens with zero attached hydrogens (tertiary/aromatic N) is 3. The summed E-state index contributed by atoms with van der Waals surface area (Å²) in [4.78, 5) is 39.1. The standard InChI is InChI=1S/C21H27N5O3.C2H4O2/c1-4-29-10-9-26-18-6-5-14(11-17(18)22-21(26)28)20(27)25-8-7-16-15(12-25)19(13(2)3)24-23-16;1-2(3)4/h5-6,11,13H,4,7-10,12H2,1-3H3,(H,22,28)(H,23,24);1H3,(H,3,4). The number of aliphatic carboxylic acids is 1. The zero-order chi connectivity index (χ0) is 24.1. The first-order valence-electron chi connectivity index (χ1n) is 11.1. The Morgan fingerprint density at radius 3 is 2.70 bits per heavy atom. The molecule has 4 rings (SSSR count). The van der Waals surface area contributed by atoms with Gasteiger partial charge in [-0.3, -0.25) is 19.3 Å². The van der Waals surface area contributed by atoms with Crippen molar-refractivity contribution in [2.24, 2.45) is 0 Å². The van der Waals surface area contributed by atoms with Crippen LogP contribution in [0.2, 0.25) is 0 Å². The van der Waals surface area contributed by atoms with Crippen LogP contribution < -0.4 is 5.69 Å². The normalized spacial score (nSPS) is 13.1. The lowest BCUT2D eigenvalue weighted by molar-refractivity contribution is -0.134. The topological polar surface area (TPSA) is 133 Å². The van der Waals surface area contributed by atoms with Crippen molar-refractivity contribution in [2.45, 2.75) is 53.1 Å². The zero-order valence-corrected chi connectivity index (χ0v) is 19.5. The highest BCUT2D eigenvalue weighted by molar-refractivity contribution is 5.97. The highest BCUT2D eigenvalue weighted by Gasteiger charge is 2.27. The first kappa shape index (κ1) is 24.2. The van der Waals surface area contributed by atoms with E-state index in [1.807, 2.05) is 17.9 Å². The van der Waals surface area contributed by atoms with Gasteiger partial charge in [0.1, 0.15) is 0 Å². The van der Waals surface area contributed by atoms with Gasteiger partial charge in [0.25, 0.3) is 11.9 Å². The summed E-state index contributed by atoms with van der Waals surface area (Å²) in [6, 6.07) is 5.40. The highest BCUT2D eigenvalue weighted by atomic mass is 16.5. The van der Waals surface area contributed by atoms with E-state index < -0.39 is 5.97 Å². The average molecular weight is 458 g/mol. The first-order valence-corrected chi connectivity index (χ1v) is 11.1. The van der Waals surface area contributed by atoms with Crippen molar-refractivity contribution >= 4 is 22.9 Å². The van der Waals surface area contributed by atoms with Crippen LogP contribution in [0.15, 0.2) is 23.0 Å². The minimum atomic E-state index is -0.833. The Balaban J connectivity index is 0.000000709. The fourth-order valence-electron chi connectivity index (χ4n) is 3.97. The first-order chi connectivity index (χ1) is 15.7. The summed E-state index contributed by atoms with van der Waals surface area (Å²) >= 11 is 0. The van der Waals surface area contributed by atoms with E-state index in [1.54, 1.807) is 16.7 Å². The summed E-state index contributed by atoms with van der Waals surface area (Å²) in [6.45, 7) is 10.00. The number of aromatic amines is 2. The number of hydrogen-bond acceptors (Lipinski definition) is 5. The molecule has 3 heterocycles. The number of carbonyl (C=O) groups excluding carboxylic acids is 1. The summed E-state index contributed by atoms with van der Waals surface area (Å²) in [5.41, 5.74) is 5.13. The molecule has 10 heteroatoms. The molecule has 1 aromatic carbocycles. The van der Waals surface area contributed by atoms with Gasteiger partial charge >= 0.3 is 5.69 Å². The summed E-state index contributed by atoms with van der Waals surface area (Å²) in [5.74, 6) is -0.556. The van der Waals surface area contributed by atoms with E-state index in [-0.39, 0.29) is 11.6 Å². The lowest BCUT2D eigenvalue weighted by atomic mass is 9.99. The number of nitrogens with one attached hydrogen (secondary N) is 2. The van der Waals surface area contributed by atoms with Crippen molar-refractivity contribution in [2.75, 3.05) is 19.8 Å². The van der Waals surface area contributed by atoms with Crippen LogP contribution in [-0.4, -0.2) is 61.4 Å². The Bertz CT molecular complexity index is 1190. The van der Waals surface area contributed by atoms with Gasteiger partial charge in [-0.15, -0.1) is 0 Å². The third-order valence-electron chi connectivity index (χ3n) is 5.48. The molecule has 1 amide bonds. The predicted octanol–water partition coefficient (Wildman–Crippen LogP) is 2.50. The molecule has 0 radical (unpaired) electrons. The smallest absolute Gasteiger partial charge is 0.326 e. The summed E-state index contributed by atoms with van der Waals surface area (Å²) in [5, 5.41) is 15.0. The van der Waals surface area contributed by atoms with E-state index in [0.717, 1.165) is 35.8 Å². The molecule has 0 bridgehead atoms. The fraction of sp³-hybridized carbons (Fsp3) is 0.478. The third kappa shape index (κ3) is 5.51. The Kier molecular flexibility index (Phi) is 7.70. The van der Waals surface area contributed by atoms with Gasteiger partial charge in [0.05, 0.1) is 29.9 Å². The Hall–Kier alpha value is -3.40. The van der Waals surface area contributed by atoms with Crippen LogP contribution in [0.4, 0.5) is 0 Å². The second-order valence-electron chi connectivity index (χ2n) is 8.23. The molecule has 0 spiro atoms. The molecule has 10 nitrogen and oxygen atoms in total. The minimum Gasteiger partial charge on any atom is -0.481 e. The number of H-pyrrole nitrogens is 2. The molecule has 0 saturated heterocycles. The Morgan fingerprint density at radius 2 is 2.03 bits per heavy atom. The van der Waals surface area contributed by atoms with Crippen molar-refractivity contribution in [3.05, 3.63) is 51.2 Å². The third-order valence-corrected chi connectivity index (χ3v) is 5.48.